The summed E-state index contributed by atoms with van der Waals surface area (Å²) >= 11 is 4.63. The lowest BCUT2D eigenvalue weighted by molar-refractivity contribution is -0.119. The Hall–Kier alpha value is -2.37. The minimum atomic E-state index is -0.555. The molecule has 1 amide bonds. The minimum absolute atomic E-state index is 0.134. The van der Waals surface area contributed by atoms with E-state index >= 15 is 0 Å². The van der Waals surface area contributed by atoms with Crippen molar-refractivity contribution in [3.8, 4) is 0 Å². The Morgan fingerprint density at radius 1 is 1.27 bits per heavy atom. The monoisotopic (exact) mass is 423 g/mol. The van der Waals surface area contributed by atoms with Gasteiger partial charge in [0.15, 0.2) is 0 Å². The summed E-state index contributed by atoms with van der Waals surface area (Å²) in [5, 5.41) is 13.2. The molecule has 158 valence electrons. The van der Waals surface area contributed by atoms with Crippen molar-refractivity contribution in [2.75, 3.05) is 18.0 Å². The first-order valence-corrected chi connectivity index (χ1v) is 10.9. The predicted molar refractivity (Wildman–Crippen MR) is 124 cm³/mol. The third kappa shape index (κ3) is 5.41. The van der Waals surface area contributed by atoms with Crippen LogP contribution in [0.3, 0.4) is 0 Å². The molecule has 0 aromatic heterocycles. The first-order chi connectivity index (χ1) is 14.5. The van der Waals surface area contributed by atoms with E-state index in [1.54, 1.807) is 0 Å². The number of para-hydroxylation sites is 1. The molecule has 3 rings (SSSR count). The molecule has 1 aliphatic rings. The van der Waals surface area contributed by atoms with Crippen LogP contribution >= 0.6 is 12.2 Å². The molecule has 30 heavy (non-hydrogen) atoms. The lowest BCUT2D eigenvalue weighted by atomic mass is 9.91. The first kappa shape index (κ1) is 22.3. The van der Waals surface area contributed by atoms with Crippen molar-refractivity contribution in [2.45, 2.75) is 45.4 Å². The zero-order chi connectivity index (χ0) is 21.5. The quantitative estimate of drug-likeness (QED) is 0.529. The lowest BCUT2D eigenvalue weighted by Crippen LogP contribution is -2.54. The first-order valence-electron chi connectivity index (χ1n) is 10.5. The molecule has 0 radical (unpaired) electrons. The summed E-state index contributed by atoms with van der Waals surface area (Å²) in [5.41, 5.74) is 2.77. The molecule has 1 N–H and O–H groups in total. The van der Waals surface area contributed by atoms with Crippen molar-refractivity contribution in [1.82, 2.24) is 4.90 Å². The second-order valence-electron chi connectivity index (χ2n) is 7.84. The molecule has 0 aliphatic carbocycles. The standard InChI is InChI=1S/C24H29N3O2S/c1-3-23(28)27(21-7-5-4-6-8-21)22-13-14-26(16-18(22)2)24(29)15-19-9-11-20(12-10-19)25-17-30/h4-12,18,22,24,29H,3,13-16H2,1-2H3/t18-,22-,24+/m1/s1. The Morgan fingerprint density at radius 3 is 2.57 bits per heavy atom. The Labute approximate surface area is 184 Å². The molecule has 6 heteroatoms. The van der Waals surface area contributed by atoms with Gasteiger partial charge in [-0.15, -0.1) is 0 Å². The number of nitrogens with zero attached hydrogens (tertiary/aromatic N) is 3. The summed E-state index contributed by atoms with van der Waals surface area (Å²) in [4.78, 5) is 20.8. The molecule has 2 aromatic rings. The average Bonchev–Trinajstić information content (AvgIpc) is 2.77. The number of carbonyl (C=O) groups is 1. The maximum atomic E-state index is 12.7. The zero-order valence-electron chi connectivity index (χ0n) is 17.6. The van der Waals surface area contributed by atoms with E-state index in [0.717, 1.165) is 36.4 Å². The van der Waals surface area contributed by atoms with Crippen LogP contribution in [0.1, 0.15) is 32.3 Å². The number of aliphatic hydroxyl groups excluding tert-OH is 1. The van der Waals surface area contributed by atoms with Gasteiger partial charge < -0.3 is 10.0 Å². The summed E-state index contributed by atoms with van der Waals surface area (Å²) in [6.07, 6.45) is 1.31. The van der Waals surface area contributed by atoms with Crippen LogP contribution in [0.2, 0.25) is 0 Å². The second kappa shape index (κ2) is 10.6. The number of amides is 1. The fourth-order valence-electron chi connectivity index (χ4n) is 4.20. The van der Waals surface area contributed by atoms with Crippen molar-refractivity contribution < 1.29 is 9.90 Å². The van der Waals surface area contributed by atoms with Gasteiger partial charge in [0.25, 0.3) is 0 Å². The van der Waals surface area contributed by atoms with E-state index in [1.807, 2.05) is 66.4 Å². The number of anilines is 1. The molecule has 0 unspecified atom stereocenters. The van der Waals surface area contributed by atoms with Gasteiger partial charge in [-0.3, -0.25) is 9.69 Å². The maximum Gasteiger partial charge on any atom is 0.226 e. The fourth-order valence-corrected chi connectivity index (χ4v) is 4.30. The smallest absolute Gasteiger partial charge is 0.226 e. The number of hydrogen-bond donors (Lipinski definition) is 1. The van der Waals surface area contributed by atoms with Gasteiger partial charge in [0.1, 0.15) is 6.23 Å². The molecule has 5 nitrogen and oxygen atoms in total. The lowest BCUT2D eigenvalue weighted by Gasteiger charge is -2.44. The number of benzene rings is 2. The molecular weight excluding hydrogens is 394 g/mol. The largest absolute Gasteiger partial charge is 0.378 e. The van der Waals surface area contributed by atoms with Gasteiger partial charge in [-0.2, -0.15) is 4.99 Å². The van der Waals surface area contributed by atoms with E-state index < -0.39 is 6.23 Å². The summed E-state index contributed by atoms with van der Waals surface area (Å²) in [6, 6.07) is 17.7. The number of carbonyl (C=O) groups excluding carboxylic acids is 1. The number of isothiocyanates is 1. The van der Waals surface area contributed by atoms with Crippen molar-refractivity contribution in [1.29, 1.82) is 0 Å². The number of likely N-dealkylation sites (tertiary alicyclic amines) is 1. The molecule has 1 heterocycles. The van der Waals surface area contributed by atoms with Crippen LogP contribution in [0.5, 0.6) is 0 Å². The zero-order valence-corrected chi connectivity index (χ0v) is 18.4. The van der Waals surface area contributed by atoms with Crippen LogP contribution in [0.25, 0.3) is 0 Å². The highest BCUT2D eigenvalue weighted by Gasteiger charge is 2.35. The highest BCUT2D eigenvalue weighted by Crippen LogP contribution is 2.29. The topological polar surface area (TPSA) is 56.1 Å². The number of aliphatic hydroxyl groups is 1. The SMILES string of the molecule is CCC(=O)N(c1ccccc1)[C@@H]1CCN([C@@H](O)Cc2ccc(N=C=S)cc2)C[C@H]1C. The average molecular weight is 424 g/mol. The van der Waals surface area contributed by atoms with Crippen molar-refractivity contribution >= 4 is 34.7 Å². The number of piperidine rings is 1. The molecule has 0 saturated carbocycles. The van der Waals surface area contributed by atoms with E-state index in [-0.39, 0.29) is 17.9 Å². The molecule has 1 fully saturated rings. The van der Waals surface area contributed by atoms with E-state index in [9.17, 15) is 9.90 Å². The summed E-state index contributed by atoms with van der Waals surface area (Å²) in [5.74, 6) is 0.398. The molecule has 0 spiro atoms. The maximum absolute atomic E-state index is 12.7. The molecule has 3 atom stereocenters. The highest BCUT2D eigenvalue weighted by molar-refractivity contribution is 7.78. The third-order valence-electron chi connectivity index (χ3n) is 5.78. The van der Waals surface area contributed by atoms with E-state index in [4.69, 9.17) is 0 Å². The summed E-state index contributed by atoms with van der Waals surface area (Å²) < 4.78 is 0. The van der Waals surface area contributed by atoms with Gasteiger partial charge >= 0.3 is 0 Å². The van der Waals surface area contributed by atoms with Crippen molar-refractivity contribution in [2.24, 2.45) is 10.9 Å². The van der Waals surface area contributed by atoms with Crippen molar-refractivity contribution in [3.05, 3.63) is 60.2 Å². The van der Waals surface area contributed by atoms with Gasteiger partial charge in [0.2, 0.25) is 5.91 Å². The molecule has 0 bridgehead atoms. The van der Waals surface area contributed by atoms with Gasteiger partial charge in [-0.25, -0.2) is 0 Å². The summed E-state index contributed by atoms with van der Waals surface area (Å²) in [7, 11) is 0. The Kier molecular flexibility index (Phi) is 7.88. The van der Waals surface area contributed by atoms with Crippen LogP contribution in [0, 0.1) is 5.92 Å². The normalized spacial score (nSPS) is 20.2. The molecule has 2 aromatic carbocycles. The van der Waals surface area contributed by atoms with E-state index in [2.05, 4.69) is 34.2 Å². The van der Waals surface area contributed by atoms with Crippen LogP contribution in [-0.4, -0.2) is 46.4 Å². The van der Waals surface area contributed by atoms with Gasteiger partial charge in [0.05, 0.1) is 10.8 Å². The Morgan fingerprint density at radius 2 is 1.97 bits per heavy atom. The Balaban J connectivity index is 1.65. The van der Waals surface area contributed by atoms with Crippen LogP contribution in [0.15, 0.2) is 59.6 Å². The van der Waals surface area contributed by atoms with Gasteiger partial charge in [-0.1, -0.05) is 44.2 Å². The predicted octanol–water partition coefficient (Wildman–Crippen LogP) is 4.44. The number of rotatable bonds is 7. The number of aliphatic imine (C=N–C) groups is 1. The minimum Gasteiger partial charge on any atom is -0.378 e. The van der Waals surface area contributed by atoms with Crippen LogP contribution < -0.4 is 4.90 Å². The Bertz CT molecular complexity index is 881. The van der Waals surface area contributed by atoms with Crippen LogP contribution in [0.4, 0.5) is 11.4 Å². The fraction of sp³-hybridized carbons (Fsp3) is 0.417. The number of thiocarbonyl (C=S) groups is 1. The molecule has 1 aliphatic heterocycles. The van der Waals surface area contributed by atoms with Gasteiger partial charge in [-0.05, 0) is 54.4 Å². The van der Waals surface area contributed by atoms with Gasteiger partial charge in [0, 0.05) is 37.7 Å². The highest BCUT2D eigenvalue weighted by atomic mass is 32.1. The molecular formula is C24H29N3O2S. The molecule has 1 saturated heterocycles. The van der Waals surface area contributed by atoms with E-state index in [0.29, 0.717) is 12.8 Å². The third-order valence-corrected chi connectivity index (χ3v) is 5.87. The summed E-state index contributed by atoms with van der Waals surface area (Å²) in [6.45, 7) is 5.58. The number of hydrogen-bond acceptors (Lipinski definition) is 5. The van der Waals surface area contributed by atoms with Crippen LogP contribution in [-0.2, 0) is 11.2 Å². The van der Waals surface area contributed by atoms with E-state index in [1.165, 1.54) is 0 Å². The van der Waals surface area contributed by atoms with Crippen molar-refractivity contribution in [3.63, 3.8) is 0 Å². The second-order valence-corrected chi connectivity index (χ2v) is 8.02.